The zero-order valence-corrected chi connectivity index (χ0v) is 31.5. The summed E-state index contributed by atoms with van der Waals surface area (Å²) in [5.41, 5.74) is 5.62. The Kier molecular flexibility index (Phi) is 10.1. The van der Waals surface area contributed by atoms with Crippen LogP contribution in [0.4, 0.5) is 64.9 Å². The van der Waals surface area contributed by atoms with E-state index in [0.717, 1.165) is 23.1 Å². The summed E-state index contributed by atoms with van der Waals surface area (Å²) in [6, 6.07) is 1.79. The molecule has 6 heterocycles. The fourth-order valence-corrected chi connectivity index (χ4v) is 9.49. The van der Waals surface area contributed by atoms with Gasteiger partial charge >= 0.3 is 18.4 Å². The van der Waals surface area contributed by atoms with E-state index in [9.17, 15) is 31.6 Å². The van der Waals surface area contributed by atoms with Crippen molar-refractivity contribution in [1.82, 2.24) is 19.9 Å². The van der Waals surface area contributed by atoms with E-state index in [4.69, 9.17) is 20.9 Å². The number of nitrogens with zero attached hydrogens (tertiary/aromatic N) is 6. The number of ether oxygens (including phenoxy) is 2. The Morgan fingerprint density at radius 1 is 1.07 bits per heavy atom. The lowest BCUT2D eigenvalue weighted by Crippen LogP contribution is -2.43. The summed E-state index contributed by atoms with van der Waals surface area (Å²) in [4.78, 5) is 15.1. The lowest BCUT2D eigenvalue weighted by Gasteiger charge is -2.34. The van der Waals surface area contributed by atoms with Crippen LogP contribution in [0, 0.1) is 28.8 Å². The van der Waals surface area contributed by atoms with Crippen molar-refractivity contribution in [2.75, 3.05) is 49.2 Å². The van der Waals surface area contributed by atoms with Crippen LogP contribution in [0.15, 0.2) is 36.0 Å². The van der Waals surface area contributed by atoms with Crippen LogP contribution in [-0.2, 0) is 6.18 Å². The molecule has 0 radical (unpaired) electrons. The normalized spacial score (nSPS) is 18.8. The van der Waals surface area contributed by atoms with Gasteiger partial charge in [-0.2, -0.15) is 50.4 Å². The van der Waals surface area contributed by atoms with E-state index in [0.29, 0.717) is 36.9 Å². The maximum absolute atomic E-state index is 17.6. The maximum Gasteiger partial charge on any atom is 0.420 e. The molecule has 0 spiro atoms. The van der Waals surface area contributed by atoms with Crippen LogP contribution in [0.25, 0.3) is 32.1 Å². The molecule has 4 N–H and O–H groups in total. The minimum Gasteiger partial charge on any atom is -0.490 e. The standard InChI is InChI=1S/C38H29F11N8O2S/c39-17-10-19(32(51)53-13-17)22(4-6-37(44,45)46)57-8-9-58-29-25-28(54-35(55-34(25)57)59-15-36-5-1-7-56(36)14-16(11-36)31(42)43)27(41)24(26(29)38(47,48)49)18-2-3-21(40)30-23(18)20(12-50)33(52)60-30/h2-3,10,13,22H,1,4-9,11,14-15,52H2,(H2,51,53)/t22-,36+/m1/s1. The Labute approximate surface area is 335 Å². The van der Waals surface area contributed by atoms with Gasteiger partial charge in [0.15, 0.2) is 5.82 Å². The summed E-state index contributed by atoms with van der Waals surface area (Å²) in [5, 5.41) is 8.45. The Bertz CT molecular complexity index is 2640. The number of halogens is 11. The highest BCUT2D eigenvalue weighted by Crippen LogP contribution is 2.54. The molecule has 2 saturated heterocycles. The second-order valence-electron chi connectivity index (χ2n) is 14.6. The Balaban J connectivity index is 1.42. The van der Waals surface area contributed by atoms with Gasteiger partial charge in [0.25, 0.3) is 6.08 Å². The molecule has 0 amide bonds. The summed E-state index contributed by atoms with van der Waals surface area (Å²) in [7, 11) is 0. The van der Waals surface area contributed by atoms with E-state index in [1.807, 2.05) is 0 Å². The topological polar surface area (TPSA) is 139 Å². The van der Waals surface area contributed by atoms with Crippen LogP contribution in [0.5, 0.6) is 11.8 Å². The highest BCUT2D eigenvalue weighted by molar-refractivity contribution is 7.23. The van der Waals surface area contributed by atoms with Gasteiger partial charge in [0, 0.05) is 35.1 Å². The number of fused-ring (bicyclic) bond motifs is 2. The van der Waals surface area contributed by atoms with Crippen molar-refractivity contribution in [2.45, 2.75) is 56.0 Å². The zero-order chi connectivity index (χ0) is 43.1. The van der Waals surface area contributed by atoms with Crippen molar-refractivity contribution in [1.29, 1.82) is 5.26 Å². The first-order chi connectivity index (χ1) is 28.3. The van der Waals surface area contributed by atoms with Gasteiger partial charge in [-0.25, -0.2) is 18.2 Å². The van der Waals surface area contributed by atoms with Gasteiger partial charge in [-0.15, -0.1) is 11.3 Å². The number of alkyl halides is 6. The van der Waals surface area contributed by atoms with Crippen molar-refractivity contribution in [3.8, 4) is 29.0 Å². The fourth-order valence-electron chi connectivity index (χ4n) is 8.54. The van der Waals surface area contributed by atoms with Gasteiger partial charge in [0.1, 0.15) is 64.4 Å². The van der Waals surface area contributed by atoms with Crippen LogP contribution < -0.4 is 25.8 Å². The largest absolute Gasteiger partial charge is 0.490 e. The van der Waals surface area contributed by atoms with E-state index in [1.165, 1.54) is 0 Å². The first-order valence-corrected chi connectivity index (χ1v) is 19.0. The van der Waals surface area contributed by atoms with E-state index >= 15 is 22.0 Å². The van der Waals surface area contributed by atoms with Gasteiger partial charge in [-0.1, -0.05) is 6.07 Å². The SMILES string of the molecule is N#Cc1c(N)sc2c(F)ccc(-c3c(C(F)(F)F)c4c5c(nc(OC[C@@]67CCCN6CC(=C(F)F)C7)nc5c3F)N([C@H](CCC(F)(F)F)c3cc(F)cnc3N)CCO4)c12. The molecule has 8 rings (SSSR count). The number of nitriles is 1. The van der Waals surface area contributed by atoms with E-state index in [-0.39, 0.29) is 40.4 Å². The summed E-state index contributed by atoms with van der Waals surface area (Å²) < 4.78 is 175. The molecule has 316 valence electrons. The number of rotatable bonds is 8. The Hall–Kier alpha value is -5.69. The summed E-state index contributed by atoms with van der Waals surface area (Å²) in [6.45, 7) is -1.28. The predicted octanol–water partition coefficient (Wildman–Crippen LogP) is 9.43. The first kappa shape index (κ1) is 41.1. The molecule has 0 saturated carbocycles. The number of hydrogen-bond donors (Lipinski definition) is 2. The lowest BCUT2D eigenvalue weighted by atomic mass is 9.91. The molecule has 0 aliphatic carbocycles. The van der Waals surface area contributed by atoms with Crippen LogP contribution in [0.2, 0.25) is 0 Å². The molecule has 2 fully saturated rings. The van der Waals surface area contributed by atoms with Gasteiger partial charge < -0.3 is 25.8 Å². The molecular formula is C38H29F11N8O2S. The molecule has 2 atom stereocenters. The van der Waals surface area contributed by atoms with E-state index in [2.05, 4.69) is 15.0 Å². The van der Waals surface area contributed by atoms with Crippen molar-refractivity contribution in [3.63, 3.8) is 0 Å². The summed E-state index contributed by atoms with van der Waals surface area (Å²) in [6.07, 6.45) is -13.0. The highest BCUT2D eigenvalue weighted by Gasteiger charge is 2.49. The van der Waals surface area contributed by atoms with Gasteiger partial charge in [0.05, 0.1) is 40.0 Å². The summed E-state index contributed by atoms with van der Waals surface area (Å²) >= 11 is 0.545. The molecule has 3 aliphatic rings. The molecule has 5 aromatic rings. The number of nitrogen functional groups attached to an aromatic ring is 2. The quantitative estimate of drug-likeness (QED) is 0.145. The fraction of sp³-hybridized carbons (Fsp3) is 0.368. The van der Waals surface area contributed by atoms with Crippen LogP contribution in [-0.4, -0.2) is 64.4 Å². The van der Waals surface area contributed by atoms with Crippen molar-refractivity contribution in [3.05, 3.63) is 70.2 Å². The van der Waals surface area contributed by atoms with Crippen molar-refractivity contribution < 1.29 is 57.8 Å². The molecule has 2 aromatic carbocycles. The monoisotopic (exact) mass is 870 g/mol. The number of anilines is 3. The third-order valence-corrected chi connectivity index (χ3v) is 12.1. The van der Waals surface area contributed by atoms with Crippen LogP contribution in [0.3, 0.4) is 0 Å². The van der Waals surface area contributed by atoms with Gasteiger partial charge in [-0.3, -0.25) is 4.90 Å². The van der Waals surface area contributed by atoms with Crippen LogP contribution in [0.1, 0.15) is 54.8 Å². The smallest absolute Gasteiger partial charge is 0.420 e. The van der Waals surface area contributed by atoms with Gasteiger partial charge in [-0.05, 0) is 49.9 Å². The highest BCUT2D eigenvalue weighted by atomic mass is 32.1. The molecule has 60 heavy (non-hydrogen) atoms. The molecule has 3 aromatic heterocycles. The molecule has 10 nitrogen and oxygen atoms in total. The molecule has 0 bridgehead atoms. The number of nitrogens with two attached hydrogens (primary N) is 2. The number of aromatic nitrogens is 3. The first-order valence-electron chi connectivity index (χ1n) is 18.1. The third kappa shape index (κ3) is 7.00. The zero-order valence-electron chi connectivity index (χ0n) is 30.7. The minimum absolute atomic E-state index is 0.0733. The number of benzene rings is 2. The Morgan fingerprint density at radius 2 is 1.83 bits per heavy atom. The average molecular weight is 871 g/mol. The number of hydrogen-bond acceptors (Lipinski definition) is 11. The van der Waals surface area contributed by atoms with Crippen molar-refractivity contribution >= 4 is 49.0 Å². The second-order valence-corrected chi connectivity index (χ2v) is 15.7. The van der Waals surface area contributed by atoms with Crippen LogP contribution >= 0.6 is 11.3 Å². The van der Waals surface area contributed by atoms with E-state index < -0.39 is 135 Å². The van der Waals surface area contributed by atoms with Crippen molar-refractivity contribution in [2.24, 2.45) is 0 Å². The number of pyridine rings is 1. The minimum atomic E-state index is -5.48. The number of thiophene rings is 1. The lowest BCUT2D eigenvalue weighted by molar-refractivity contribution is -0.138. The molecule has 0 unspecified atom stereocenters. The second kappa shape index (κ2) is 14.8. The third-order valence-electron chi connectivity index (χ3n) is 11.1. The Morgan fingerprint density at radius 3 is 2.53 bits per heavy atom. The van der Waals surface area contributed by atoms with E-state index in [1.54, 1.807) is 11.0 Å². The molecular weight excluding hydrogens is 842 g/mol. The average Bonchev–Trinajstić information content (AvgIpc) is 3.81. The predicted molar refractivity (Wildman–Crippen MR) is 197 cm³/mol. The molecule has 22 heteroatoms. The molecule has 3 aliphatic heterocycles. The van der Waals surface area contributed by atoms with Gasteiger partial charge in [0.2, 0.25) is 0 Å². The maximum atomic E-state index is 17.6. The summed E-state index contributed by atoms with van der Waals surface area (Å²) in [5.74, 6) is -5.81.